The van der Waals surface area contributed by atoms with Crippen molar-refractivity contribution in [1.82, 2.24) is 19.8 Å². The first-order chi connectivity index (χ1) is 6.31. The average molecular weight is 178 g/mol. The second kappa shape index (κ2) is 3.01. The van der Waals surface area contributed by atoms with Crippen molar-refractivity contribution in [3.05, 3.63) is 18.0 Å². The van der Waals surface area contributed by atoms with Crippen LogP contribution in [0, 0.1) is 6.92 Å². The molecule has 0 aliphatic carbocycles. The number of aryl methyl sites for hydroxylation is 1. The summed E-state index contributed by atoms with van der Waals surface area (Å²) in [6, 6.07) is 1.85. The normalized spacial score (nSPS) is 10.6. The van der Waals surface area contributed by atoms with Crippen molar-refractivity contribution < 1.29 is 4.74 Å². The Bertz CT molecular complexity index is 423. The Balaban J connectivity index is 2.56. The fourth-order valence-corrected chi connectivity index (χ4v) is 1.17. The fraction of sp³-hybridized carbons (Fsp3) is 0.375. The van der Waals surface area contributed by atoms with Gasteiger partial charge in [0, 0.05) is 11.6 Å². The topological polar surface area (TPSA) is 52.3 Å². The van der Waals surface area contributed by atoms with E-state index in [0.29, 0.717) is 12.5 Å². The van der Waals surface area contributed by atoms with Gasteiger partial charge >= 0.3 is 0 Å². The van der Waals surface area contributed by atoms with Crippen LogP contribution in [0.15, 0.2) is 12.4 Å². The quantitative estimate of drug-likeness (QED) is 0.683. The second-order valence-electron chi connectivity index (χ2n) is 2.70. The third kappa shape index (κ3) is 1.32. The van der Waals surface area contributed by atoms with Crippen LogP contribution >= 0.6 is 0 Å². The van der Waals surface area contributed by atoms with Crippen molar-refractivity contribution >= 4 is 5.65 Å². The van der Waals surface area contributed by atoms with E-state index >= 15 is 0 Å². The lowest BCUT2D eigenvalue weighted by Crippen LogP contribution is -2.00. The van der Waals surface area contributed by atoms with Gasteiger partial charge in [-0.2, -0.15) is 4.52 Å². The van der Waals surface area contributed by atoms with Gasteiger partial charge in [0.25, 0.3) is 0 Å². The van der Waals surface area contributed by atoms with Gasteiger partial charge in [0.15, 0.2) is 5.65 Å². The molecule has 5 nitrogen and oxygen atoms in total. The van der Waals surface area contributed by atoms with Gasteiger partial charge in [0.05, 0.1) is 6.61 Å². The molecule has 0 radical (unpaired) electrons. The average Bonchev–Trinajstić information content (AvgIpc) is 2.53. The van der Waals surface area contributed by atoms with Crippen LogP contribution in [0.5, 0.6) is 5.88 Å². The van der Waals surface area contributed by atoms with Gasteiger partial charge in [-0.3, -0.25) is 0 Å². The van der Waals surface area contributed by atoms with E-state index in [0.717, 1.165) is 11.2 Å². The smallest absolute Gasteiger partial charge is 0.232 e. The van der Waals surface area contributed by atoms with Crippen LogP contribution < -0.4 is 4.74 Å². The van der Waals surface area contributed by atoms with Gasteiger partial charge < -0.3 is 4.74 Å². The Hall–Kier alpha value is -1.65. The Kier molecular flexibility index (Phi) is 1.84. The lowest BCUT2D eigenvalue weighted by atomic mass is 10.3. The van der Waals surface area contributed by atoms with Gasteiger partial charge in [-0.1, -0.05) is 0 Å². The summed E-state index contributed by atoms with van der Waals surface area (Å²) in [4.78, 5) is 0. The molecule has 0 amide bonds. The first-order valence-electron chi connectivity index (χ1n) is 4.11. The van der Waals surface area contributed by atoms with Crippen LogP contribution in [0.4, 0.5) is 0 Å². The minimum atomic E-state index is 0.604. The maximum absolute atomic E-state index is 5.28. The Morgan fingerprint density at radius 1 is 1.54 bits per heavy atom. The lowest BCUT2D eigenvalue weighted by molar-refractivity contribution is 0.321. The van der Waals surface area contributed by atoms with E-state index in [2.05, 4.69) is 15.3 Å². The number of fused-ring (bicyclic) bond motifs is 1. The summed E-state index contributed by atoms with van der Waals surface area (Å²) in [6.45, 7) is 4.49. The SMILES string of the molecule is CCOc1cc(C)c2nncn2n1. The Morgan fingerprint density at radius 3 is 3.15 bits per heavy atom. The molecule has 0 aromatic carbocycles. The zero-order valence-electron chi connectivity index (χ0n) is 7.56. The van der Waals surface area contributed by atoms with Crippen molar-refractivity contribution in [3.8, 4) is 5.88 Å². The largest absolute Gasteiger partial charge is 0.477 e. The monoisotopic (exact) mass is 178 g/mol. The summed E-state index contributed by atoms with van der Waals surface area (Å²) in [6.07, 6.45) is 1.56. The molecule has 2 heterocycles. The highest BCUT2D eigenvalue weighted by molar-refractivity contribution is 5.45. The maximum atomic E-state index is 5.28. The Morgan fingerprint density at radius 2 is 2.38 bits per heavy atom. The molecule has 5 heteroatoms. The maximum Gasteiger partial charge on any atom is 0.232 e. The number of ether oxygens (including phenoxy) is 1. The molecule has 0 N–H and O–H groups in total. The molecule has 2 aromatic heterocycles. The second-order valence-corrected chi connectivity index (χ2v) is 2.70. The summed E-state index contributed by atoms with van der Waals surface area (Å²) in [5.74, 6) is 0.604. The fourth-order valence-electron chi connectivity index (χ4n) is 1.17. The van der Waals surface area contributed by atoms with E-state index < -0.39 is 0 Å². The third-order valence-corrected chi connectivity index (χ3v) is 1.72. The van der Waals surface area contributed by atoms with E-state index in [-0.39, 0.29) is 0 Å². The van der Waals surface area contributed by atoms with Crippen molar-refractivity contribution in [3.63, 3.8) is 0 Å². The number of hydrogen-bond donors (Lipinski definition) is 0. The number of rotatable bonds is 2. The molecule has 0 saturated heterocycles. The minimum Gasteiger partial charge on any atom is -0.477 e. The highest BCUT2D eigenvalue weighted by Crippen LogP contribution is 2.12. The number of hydrogen-bond acceptors (Lipinski definition) is 4. The van der Waals surface area contributed by atoms with Crippen LogP contribution in [-0.4, -0.2) is 26.4 Å². The van der Waals surface area contributed by atoms with E-state index in [1.165, 1.54) is 0 Å². The molecule has 0 fully saturated rings. The van der Waals surface area contributed by atoms with Crippen LogP contribution in [0.1, 0.15) is 12.5 Å². The highest BCUT2D eigenvalue weighted by Gasteiger charge is 2.03. The predicted molar refractivity (Wildman–Crippen MR) is 46.7 cm³/mol. The van der Waals surface area contributed by atoms with Crippen LogP contribution in [0.2, 0.25) is 0 Å². The molecular weight excluding hydrogens is 168 g/mol. The summed E-state index contributed by atoms with van der Waals surface area (Å²) >= 11 is 0. The zero-order valence-corrected chi connectivity index (χ0v) is 7.56. The first kappa shape index (κ1) is 7.97. The zero-order chi connectivity index (χ0) is 9.26. The van der Waals surface area contributed by atoms with Gasteiger partial charge in [-0.15, -0.1) is 15.3 Å². The first-order valence-corrected chi connectivity index (χ1v) is 4.11. The van der Waals surface area contributed by atoms with E-state index in [9.17, 15) is 0 Å². The third-order valence-electron chi connectivity index (χ3n) is 1.72. The van der Waals surface area contributed by atoms with Crippen molar-refractivity contribution in [2.75, 3.05) is 6.61 Å². The summed E-state index contributed by atoms with van der Waals surface area (Å²) in [7, 11) is 0. The predicted octanol–water partition coefficient (Wildman–Crippen LogP) is 0.831. The summed E-state index contributed by atoms with van der Waals surface area (Å²) < 4.78 is 6.89. The standard InChI is InChI=1S/C8H10N4O/c1-3-13-7-4-6(2)8-10-9-5-12(8)11-7/h4-5H,3H2,1-2H3. The molecule has 0 spiro atoms. The van der Waals surface area contributed by atoms with E-state index in [1.54, 1.807) is 10.8 Å². The molecule has 0 aliphatic rings. The Labute approximate surface area is 75.4 Å². The molecule has 0 aliphatic heterocycles. The van der Waals surface area contributed by atoms with Gasteiger partial charge in [-0.25, -0.2) is 0 Å². The minimum absolute atomic E-state index is 0.604. The van der Waals surface area contributed by atoms with Crippen LogP contribution in [0.25, 0.3) is 5.65 Å². The number of aromatic nitrogens is 4. The van der Waals surface area contributed by atoms with Crippen molar-refractivity contribution in [2.24, 2.45) is 0 Å². The summed E-state index contributed by atoms with van der Waals surface area (Å²) in [5, 5.41) is 11.8. The molecule has 0 saturated carbocycles. The molecule has 0 atom stereocenters. The van der Waals surface area contributed by atoms with Gasteiger partial charge in [0.2, 0.25) is 5.88 Å². The van der Waals surface area contributed by atoms with Crippen molar-refractivity contribution in [2.45, 2.75) is 13.8 Å². The summed E-state index contributed by atoms with van der Waals surface area (Å²) in [5.41, 5.74) is 1.78. The van der Waals surface area contributed by atoms with Crippen LogP contribution in [0.3, 0.4) is 0 Å². The molecule has 0 bridgehead atoms. The van der Waals surface area contributed by atoms with E-state index in [4.69, 9.17) is 4.74 Å². The lowest BCUT2D eigenvalue weighted by Gasteiger charge is -2.02. The van der Waals surface area contributed by atoms with Gasteiger partial charge in [0.1, 0.15) is 6.33 Å². The molecule has 0 unspecified atom stereocenters. The molecule has 2 rings (SSSR count). The van der Waals surface area contributed by atoms with Crippen LogP contribution in [-0.2, 0) is 0 Å². The number of nitrogens with zero attached hydrogens (tertiary/aromatic N) is 4. The molecule has 2 aromatic rings. The molecular formula is C8H10N4O. The van der Waals surface area contributed by atoms with E-state index in [1.807, 2.05) is 19.9 Å². The molecule has 68 valence electrons. The molecule has 13 heavy (non-hydrogen) atoms. The van der Waals surface area contributed by atoms with Crippen molar-refractivity contribution in [1.29, 1.82) is 0 Å². The highest BCUT2D eigenvalue weighted by atomic mass is 16.5. The van der Waals surface area contributed by atoms with Gasteiger partial charge in [-0.05, 0) is 13.8 Å².